The first-order valence-electron chi connectivity index (χ1n) is 12.1. The minimum atomic E-state index is -0.853. The maximum absolute atomic E-state index is 13.6. The summed E-state index contributed by atoms with van der Waals surface area (Å²) in [7, 11) is 0. The second-order valence-corrected chi connectivity index (χ2v) is 10.5. The van der Waals surface area contributed by atoms with Crippen LogP contribution in [0.5, 0.6) is 0 Å². The highest BCUT2D eigenvalue weighted by Gasteiger charge is 2.28. The number of aromatic nitrogens is 6. The van der Waals surface area contributed by atoms with Crippen molar-refractivity contribution in [2.75, 3.05) is 18.5 Å². The Labute approximate surface area is 208 Å². The van der Waals surface area contributed by atoms with Crippen molar-refractivity contribution in [3.05, 3.63) is 64.0 Å². The molecule has 10 heteroatoms. The lowest BCUT2D eigenvalue weighted by Crippen LogP contribution is -2.38. The van der Waals surface area contributed by atoms with E-state index in [4.69, 9.17) is 4.98 Å². The van der Waals surface area contributed by atoms with Gasteiger partial charge in [-0.15, -0.1) is 0 Å². The smallest absolute Gasteiger partial charge is 0.278 e. The lowest BCUT2D eigenvalue weighted by Gasteiger charge is -2.33. The minimum absolute atomic E-state index is 0.0633. The second-order valence-electron chi connectivity index (χ2n) is 10.5. The fourth-order valence-electron chi connectivity index (χ4n) is 4.67. The second kappa shape index (κ2) is 8.77. The average molecular weight is 491 g/mol. The first-order chi connectivity index (χ1) is 17.1. The first kappa shape index (κ1) is 24.1. The van der Waals surface area contributed by atoms with Crippen molar-refractivity contribution in [3.63, 3.8) is 0 Å². The maximum atomic E-state index is 13.6. The van der Waals surface area contributed by atoms with Crippen LogP contribution in [0.2, 0.25) is 0 Å². The maximum Gasteiger partial charge on any atom is 0.278 e. The molecule has 2 N–H and O–H groups in total. The predicted octanol–water partition coefficient (Wildman–Crippen LogP) is 3.76. The zero-order chi connectivity index (χ0) is 25.7. The van der Waals surface area contributed by atoms with Crippen molar-refractivity contribution >= 4 is 22.7 Å². The van der Waals surface area contributed by atoms with Gasteiger partial charge in [0, 0.05) is 49.2 Å². The summed E-state index contributed by atoms with van der Waals surface area (Å²) >= 11 is 0. The first-order valence-corrected chi connectivity index (χ1v) is 12.1. The highest BCUT2D eigenvalue weighted by atomic mass is 19.1. The van der Waals surface area contributed by atoms with Crippen molar-refractivity contribution in [2.45, 2.75) is 58.5 Å². The van der Waals surface area contributed by atoms with Crippen molar-refractivity contribution in [2.24, 2.45) is 0 Å². The number of nitrogens with zero attached hydrogens (tertiary/aromatic N) is 6. The molecule has 1 aliphatic rings. The Kier molecular flexibility index (Phi) is 5.86. The highest BCUT2D eigenvalue weighted by molar-refractivity contribution is 5.77. The SMILES string of the molecule is CCn1c(=O)c2cnc(Nc3ccc4c(c3)CNCC4(C)C)nc2n1-c1ccnc(C(C)(C)CF)n1. The number of nitrogens with one attached hydrogen (secondary N) is 2. The molecule has 0 saturated heterocycles. The Bertz CT molecular complexity index is 1500. The number of fused-ring (bicyclic) bond motifs is 2. The standard InChI is InChI=1S/C26H31FN8O/c1-6-34-22(36)18-13-30-24(31-17-7-8-19-16(11-17)12-28-15-26(19,4)5)33-21(18)35(34)20-9-10-29-23(32-20)25(2,3)14-27/h7-11,13,28H,6,12,14-15H2,1-5H3,(H,30,31,33). The van der Waals surface area contributed by atoms with Gasteiger partial charge in [-0.1, -0.05) is 33.8 Å². The average Bonchev–Trinajstić information content (AvgIpc) is 3.14. The van der Waals surface area contributed by atoms with Crippen molar-refractivity contribution in [1.82, 2.24) is 34.6 Å². The number of halogens is 1. The molecule has 0 spiro atoms. The fourth-order valence-corrected chi connectivity index (χ4v) is 4.67. The van der Waals surface area contributed by atoms with Crippen LogP contribution in [0.4, 0.5) is 16.0 Å². The molecular weight excluding hydrogens is 459 g/mol. The summed E-state index contributed by atoms with van der Waals surface area (Å²) in [5, 5.41) is 7.14. The zero-order valence-corrected chi connectivity index (χ0v) is 21.3. The van der Waals surface area contributed by atoms with E-state index in [2.05, 4.69) is 51.6 Å². The summed E-state index contributed by atoms with van der Waals surface area (Å²) in [6, 6.07) is 7.97. The Morgan fingerprint density at radius 3 is 2.75 bits per heavy atom. The molecule has 9 nitrogen and oxygen atoms in total. The normalized spacial score (nSPS) is 15.2. The third-order valence-electron chi connectivity index (χ3n) is 6.75. The molecule has 0 radical (unpaired) electrons. The molecular formula is C26H31FN8O. The van der Waals surface area contributed by atoms with Crippen LogP contribution < -0.4 is 16.2 Å². The van der Waals surface area contributed by atoms with Gasteiger partial charge < -0.3 is 10.6 Å². The summed E-state index contributed by atoms with van der Waals surface area (Å²) in [4.78, 5) is 31.1. The Hall–Kier alpha value is -3.66. The van der Waals surface area contributed by atoms with E-state index in [0.29, 0.717) is 35.2 Å². The third-order valence-corrected chi connectivity index (χ3v) is 6.75. The largest absolute Gasteiger partial charge is 0.324 e. The number of alkyl halides is 1. The highest BCUT2D eigenvalue weighted by Crippen LogP contribution is 2.32. The molecule has 0 amide bonds. The van der Waals surface area contributed by atoms with Gasteiger partial charge in [0.05, 0.1) is 5.41 Å². The van der Waals surface area contributed by atoms with Crippen LogP contribution in [0, 0.1) is 0 Å². The van der Waals surface area contributed by atoms with Crippen molar-refractivity contribution in [3.8, 4) is 5.82 Å². The molecule has 3 aromatic heterocycles. The molecule has 0 aliphatic carbocycles. The van der Waals surface area contributed by atoms with Crippen LogP contribution in [0.25, 0.3) is 16.9 Å². The van der Waals surface area contributed by atoms with Gasteiger partial charge >= 0.3 is 0 Å². The molecule has 0 saturated carbocycles. The van der Waals surface area contributed by atoms with Gasteiger partial charge in [-0.05, 0) is 30.2 Å². The Balaban J connectivity index is 1.58. The molecule has 0 bridgehead atoms. The third kappa shape index (κ3) is 4.05. The van der Waals surface area contributed by atoms with E-state index in [-0.39, 0.29) is 11.0 Å². The summed E-state index contributed by atoms with van der Waals surface area (Å²) in [5.74, 6) is 1.17. The lowest BCUT2D eigenvalue weighted by molar-refractivity contribution is 0.336. The number of hydrogen-bond acceptors (Lipinski definition) is 7. The molecule has 0 fully saturated rings. The topological polar surface area (TPSA) is 103 Å². The van der Waals surface area contributed by atoms with Gasteiger partial charge in [0.15, 0.2) is 11.5 Å². The number of benzene rings is 1. The van der Waals surface area contributed by atoms with Crippen LogP contribution in [-0.2, 0) is 23.9 Å². The molecule has 0 atom stereocenters. The molecule has 36 heavy (non-hydrogen) atoms. The number of hydrogen-bond donors (Lipinski definition) is 2. The van der Waals surface area contributed by atoms with E-state index in [1.165, 1.54) is 17.3 Å². The van der Waals surface area contributed by atoms with Crippen molar-refractivity contribution < 1.29 is 4.39 Å². The molecule has 4 aromatic rings. The van der Waals surface area contributed by atoms with E-state index in [1.807, 2.05) is 13.0 Å². The van der Waals surface area contributed by atoms with Gasteiger partial charge in [-0.3, -0.25) is 9.18 Å². The molecule has 1 aromatic carbocycles. The van der Waals surface area contributed by atoms with Gasteiger partial charge in [-0.25, -0.2) is 24.3 Å². The quantitative estimate of drug-likeness (QED) is 0.424. The van der Waals surface area contributed by atoms with Crippen LogP contribution in [-0.4, -0.2) is 42.5 Å². The van der Waals surface area contributed by atoms with Crippen LogP contribution in [0.15, 0.2) is 41.5 Å². The molecule has 1 aliphatic heterocycles. The summed E-state index contributed by atoms with van der Waals surface area (Å²) in [6.07, 6.45) is 3.11. The fraction of sp³-hybridized carbons (Fsp3) is 0.423. The van der Waals surface area contributed by atoms with Gasteiger partial charge in [-0.2, -0.15) is 4.98 Å². The Morgan fingerprint density at radius 2 is 2.00 bits per heavy atom. The predicted molar refractivity (Wildman–Crippen MR) is 138 cm³/mol. The monoisotopic (exact) mass is 490 g/mol. The minimum Gasteiger partial charge on any atom is -0.324 e. The molecule has 188 valence electrons. The number of anilines is 2. The molecule has 4 heterocycles. The van der Waals surface area contributed by atoms with E-state index in [1.54, 1.807) is 35.5 Å². The molecule has 0 unspecified atom stereocenters. The van der Waals surface area contributed by atoms with Crippen LogP contribution >= 0.6 is 0 Å². The van der Waals surface area contributed by atoms with Gasteiger partial charge in [0.2, 0.25) is 5.95 Å². The van der Waals surface area contributed by atoms with E-state index >= 15 is 0 Å². The van der Waals surface area contributed by atoms with Crippen molar-refractivity contribution in [1.29, 1.82) is 0 Å². The lowest BCUT2D eigenvalue weighted by atomic mass is 9.79. The van der Waals surface area contributed by atoms with E-state index in [0.717, 1.165) is 18.8 Å². The van der Waals surface area contributed by atoms with Gasteiger partial charge in [0.1, 0.15) is 17.9 Å². The van der Waals surface area contributed by atoms with E-state index < -0.39 is 12.1 Å². The summed E-state index contributed by atoms with van der Waals surface area (Å²) < 4.78 is 16.8. The van der Waals surface area contributed by atoms with Crippen LogP contribution in [0.1, 0.15) is 51.6 Å². The Morgan fingerprint density at radius 1 is 1.19 bits per heavy atom. The zero-order valence-electron chi connectivity index (χ0n) is 21.3. The summed E-state index contributed by atoms with van der Waals surface area (Å²) in [5.41, 5.74) is 2.84. The number of rotatable bonds is 6. The summed E-state index contributed by atoms with van der Waals surface area (Å²) in [6.45, 7) is 11.4. The molecule has 5 rings (SSSR count). The van der Waals surface area contributed by atoms with E-state index in [9.17, 15) is 9.18 Å². The van der Waals surface area contributed by atoms with Crippen LogP contribution in [0.3, 0.4) is 0 Å². The van der Waals surface area contributed by atoms with Gasteiger partial charge in [0.25, 0.3) is 5.56 Å².